The average molecular weight is 237 g/mol. The van der Waals surface area contributed by atoms with Crippen LogP contribution in [0.1, 0.15) is 11.1 Å². The molecule has 2 heteroatoms. The molecule has 2 rings (SSSR count). The Morgan fingerprint density at radius 2 is 1.61 bits per heavy atom. The zero-order valence-corrected chi connectivity index (χ0v) is 10.3. The van der Waals surface area contributed by atoms with Gasteiger partial charge in [-0.15, -0.1) is 0 Å². The highest BCUT2D eigenvalue weighted by Gasteiger charge is 1.89. The molecule has 2 aromatic rings. The number of aliphatic imine (C=N–C) groups is 1. The normalized spacial score (nSPS) is 11.2. The van der Waals surface area contributed by atoms with Crippen LogP contribution in [0.4, 0.5) is 0 Å². The minimum atomic E-state index is 0.854. The van der Waals surface area contributed by atoms with Crippen molar-refractivity contribution < 1.29 is 4.74 Å². The largest absolute Gasteiger partial charge is 0.497 e. The predicted molar refractivity (Wildman–Crippen MR) is 76.1 cm³/mol. The Labute approximate surface area is 107 Å². The van der Waals surface area contributed by atoms with Gasteiger partial charge in [-0.2, -0.15) is 0 Å². The van der Waals surface area contributed by atoms with Crippen LogP contribution in [0, 0.1) is 0 Å². The first-order chi connectivity index (χ1) is 8.88. The van der Waals surface area contributed by atoms with Crippen LogP contribution in [0.5, 0.6) is 5.75 Å². The second-order valence-electron chi connectivity index (χ2n) is 3.78. The van der Waals surface area contributed by atoms with Crippen LogP contribution in [0.15, 0.2) is 65.8 Å². The van der Waals surface area contributed by atoms with E-state index in [4.69, 9.17) is 4.74 Å². The molecule has 2 nitrogen and oxygen atoms in total. The third-order valence-corrected chi connectivity index (χ3v) is 2.49. The van der Waals surface area contributed by atoms with Crippen LogP contribution >= 0.6 is 0 Å². The summed E-state index contributed by atoms with van der Waals surface area (Å²) < 4.78 is 5.09. The maximum Gasteiger partial charge on any atom is 0.118 e. The first kappa shape index (κ1) is 12.1. The van der Waals surface area contributed by atoms with Crippen molar-refractivity contribution in [2.45, 2.75) is 0 Å². The topological polar surface area (TPSA) is 21.6 Å². The van der Waals surface area contributed by atoms with Gasteiger partial charge in [-0.3, -0.25) is 4.99 Å². The summed E-state index contributed by atoms with van der Waals surface area (Å²) in [5.74, 6) is 0.854. The average Bonchev–Trinajstić information content (AvgIpc) is 2.45. The number of hydrogen-bond donors (Lipinski definition) is 0. The van der Waals surface area contributed by atoms with E-state index in [0.717, 1.165) is 16.9 Å². The Hall–Kier alpha value is -2.35. The maximum atomic E-state index is 5.09. The monoisotopic (exact) mass is 237 g/mol. The first-order valence-electron chi connectivity index (χ1n) is 5.77. The number of methoxy groups -OCH3 is 1. The third kappa shape index (κ3) is 3.59. The molecule has 0 spiro atoms. The van der Waals surface area contributed by atoms with Gasteiger partial charge < -0.3 is 4.74 Å². The molecule has 0 amide bonds. The van der Waals surface area contributed by atoms with Crippen LogP contribution in [-0.4, -0.2) is 13.3 Å². The van der Waals surface area contributed by atoms with E-state index in [-0.39, 0.29) is 0 Å². The predicted octanol–water partition coefficient (Wildman–Crippen LogP) is 3.79. The maximum absolute atomic E-state index is 5.09. The van der Waals surface area contributed by atoms with Crippen LogP contribution < -0.4 is 4.74 Å². The standard InChI is InChI=1S/C16H15NO/c1-18-16-9-7-15(8-10-16)13-17-12-11-14-5-3-2-4-6-14/h2-13H,1H3/b12-11+,17-13?. The van der Waals surface area contributed by atoms with E-state index in [1.54, 1.807) is 13.3 Å². The Kier molecular flexibility index (Phi) is 4.31. The second kappa shape index (κ2) is 6.40. The lowest BCUT2D eigenvalue weighted by Crippen LogP contribution is -1.83. The highest BCUT2D eigenvalue weighted by molar-refractivity contribution is 5.80. The fourth-order valence-corrected chi connectivity index (χ4v) is 1.51. The molecular formula is C16H15NO. The zero-order valence-electron chi connectivity index (χ0n) is 10.3. The second-order valence-corrected chi connectivity index (χ2v) is 3.78. The fraction of sp³-hybridized carbons (Fsp3) is 0.0625. The summed E-state index contributed by atoms with van der Waals surface area (Å²) in [6, 6.07) is 17.9. The minimum absolute atomic E-state index is 0.854. The summed E-state index contributed by atoms with van der Waals surface area (Å²) in [4.78, 5) is 4.25. The van der Waals surface area contributed by atoms with Crippen LogP contribution in [0.25, 0.3) is 6.08 Å². The van der Waals surface area contributed by atoms with Gasteiger partial charge in [-0.25, -0.2) is 0 Å². The first-order valence-corrected chi connectivity index (χ1v) is 5.77. The van der Waals surface area contributed by atoms with E-state index in [0.29, 0.717) is 0 Å². The van der Waals surface area contributed by atoms with Crippen molar-refractivity contribution in [1.82, 2.24) is 0 Å². The molecule has 0 saturated heterocycles. The molecule has 0 bridgehead atoms. The van der Waals surface area contributed by atoms with E-state index in [1.807, 2.05) is 66.9 Å². The number of ether oxygens (including phenoxy) is 1. The Bertz CT molecular complexity index is 527. The van der Waals surface area contributed by atoms with Gasteiger partial charge in [0.15, 0.2) is 0 Å². The quantitative estimate of drug-likeness (QED) is 0.741. The van der Waals surface area contributed by atoms with Gasteiger partial charge >= 0.3 is 0 Å². The van der Waals surface area contributed by atoms with Gasteiger partial charge in [0.05, 0.1) is 7.11 Å². The van der Waals surface area contributed by atoms with E-state index in [9.17, 15) is 0 Å². The molecule has 0 unspecified atom stereocenters. The van der Waals surface area contributed by atoms with Crippen LogP contribution in [0.3, 0.4) is 0 Å². The number of nitrogens with zero attached hydrogens (tertiary/aromatic N) is 1. The molecule has 0 aliphatic heterocycles. The summed E-state index contributed by atoms with van der Waals surface area (Å²) in [5, 5.41) is 0. The molecule has 0 N–H and O–H groups in total. The summed E-state index contributed by atoms with van der Waals surface area (Å²) in [7, 11) is 1.66. The molecular weight excluding hydrogens is 222 g/mol. The molecule has 0 aliphatic rings. The van der Waals surface area contributed by atoms with Gasteiger partial charge in [0, 0.05) is 12.4 Å². The number of hydrogen-bond acceptors (Lipinski definition) is 2. The molecule has 0 aromatic heterocycles. The summed E-state index contributed by atoms with van der Waals surface area (Å²) in [6.07, 6.45) is 5.58. The fourth-order valence-electron chi connectivity index (χ4n) is 1.51. The summed E-state index contributed by atoms with van der Waals surface area (Å²) in [5.41, 5.74) is 2.19. The molecule has 0 heterocycles. The smallest absolute Gasteiger partial charge is 0.118 e. The molecule has 18 heavy (non-hydrogen) atoms. The van der Waals surface area contributed by atoms with Crippen molar-refractivity contribution in [2.75, 3.05) is 7.11 Å². The van der Waals surface area contributed by atoms with Crippen molar-refractivity contribution in [3.05, 3.63) is 71.9 Å². The minimum Gasteiger partial charge on any atom is -0.497 e. The number of benzene rings is 2. The van der Waals surface area contributed by atoms with E-state index in [2.05, 4.69) is 4.99 Å². The van der Waals surface area contributed by atoms with Crippen LogP contribution in [-0.2, 0) is 0 Å². The van der Waals surface area contributed by atoms with E-state index >= 15 is 0 Å². The van der Waals surface area contributed by atoms with Gasteiger partial charge in [-0.1, -0.05) is 30.3 Å². The SMILES string of the molecule is COc1ccc(C=N/C=C/c2ccccc2)cc1. The molecule has 0 radical (unpaired) electrons. The molecule has 0 fully saturated rings. The van der Waals surface area contributed by atoms with Gasteiger partial charge in [0.25, 0.3) is 0 Å². The zero-order chi connectivity index (χ0) is 12.6. The van der Waals surface area contributed by atoms with Crippen molar-refractivity contribution >= 4 is 12.3 Å². The van der Waals surface area contributed by atoms with Crippen molar-refractivity contribution in [1.29, 1.82) is 0 Å². The van der Waals surface area contributed by atoms with Gasteiger partial charge in [0.2, 0.25) is 0 Å². The lowest BCUT2D eigenvalue weighted by atomic mass is 10.2. The van der Waals surface area contributed by atoms with Crippen molar-refractivity contribution in [3.63, 3.8) is 0 Å². The summed E-state index contributed by atoms with van der Waals surface area (Å²) >= 11 is 0. The highest BCUT2D eigenvalue weighted by Crippen LogP contribution is 2.09. The summed E-state index contributed by atoms with van der Waals surface area (Å²) in [6.45, 7) is 0. The Morgan fingerprint density at radius 3 is 2.28 bits per heavy atom. The highest BCUT2D eigenvalue weighted by atomic mass is 16.5. The van der Waals surface area contributed by atoms with Crippen molar-refractivity contribution in [3.8, 4) is 5.75 Å². The lowest BCUT2D eigenvalue weighted by molar-refractivity contribution is 0.415. The molecule has 0 saturated carbocycles. The lowest BCUT2D eigenvalue weighted by Gasteiger charge is -1.98. The molecule has 90 valence electrons. The molecule has 0 aliphatic carbocycles. The van der Waals surface area contributed by atoms with E-state index < -0.39 is 0 Å². The van der Waals surface area contributed by atoms with E-state index in [1.165, 1.54) is 0 Å². The van der Waals surface area contributed by atoms with Crippen molar-refractivity contribution in [2.24, 2.45) is 4.99 Å². The Morgan fingerprint density at radius 1 is 0.889 bits per heavy atom. The number of rotatable bonds is 4. The van der Waals surface area contributed by atoms with Gasteiger partial charge in [0.1, 0.15) is 5.75 Å². The van der Waals surface area contributed by atoms with Gasteiger partial charge in [-0.05, 0) is 41.5 Å². The molecule has 2 aromatic carbocycles. The molecule has 0 atom stereocenters. The van der Waals surface area contributed by atoms with Crippen LogP contribution in [0.2, 0.25) is 0 Å². The Balaban J connectivity index is 1.96. The third-order valence-electron chi connectivity index (χ3n) is 2.49.